The first-order valence-corrected chi connectivity index (χ1v) is 11.2. The fraction of sp³-hybridized carbons (Fsp3) is 0.241. The van der Waals surface area contributed by atoms with Crippen LogP contribution in [0.25, 0.3) is 5.57 Å². The highest BCUT2D eigenvalue weighted by atomic mass is 16.5. The molecule has 32 heavy (non-hydrogen) atoms. The Labute approximate surface area is 190 Å². The van der Waals surface area contributed by atoms with E-state index >= 15 is 0 Å². The molecule has 0 radical (unpaired) electrons. The van der Waals surface area contributed by atoms with E-state index in [9.17, 15) is 0 Å². The molecule has 0 spiro atoms. The van der Waals surface area contributed by atoms with Gasteiger partial charge < -0.3 is 9.47 Å². The molecule has 0 aromatic heterocycles. The fourth-order valence-corrected chi connectivity index (χ4v) is 4.60. The minimum atomic E-state index is -0.712. The average Bonchev–Trinajstić information content (AvgIpc) is 2.85. The van der Waals surface area contributed by atoms with Crippen molar-refractivity contribution in [2.45, 2.75) is 19.6 Å². The molecule has 0 amide bonds. The van der Waals surface area contributed by atoms with Crippen molar-refractivity contribution in [1.82, 2.24) is 4.90 Å². The van der Waals surface area contributed by atoms with Crippen LogP contribution in [0.4, 0.5) is 0 Å². The van der Waals surface area contributed by atoms with Crippen LogP contribution in [0.1, 0.15) is 29.2 Å². The summed E-state index contributed by atoms with van der Waals surface area (Å²) >= 11 is 0. The number of hydrogen-bond acceptors (Lipinski definition) is 3. The Hall–Kier alpha value is -3.32. The maximum absolute atomic E-state index is 6.90. The topological polar surface area (TPSA) is 21.7 Å². The predicted octanol–water partition coefficient (Wildman–Crippen LogP) is 5.40. The Bertz CT molecular complexity index is 1200. The van der Waals surface area contributed by atoms with Crippen molar-refractivity contribution in [3.8, 4) is 17.6 Å². The third-order valence-corrected chi connectivity index (χ3v) is 6.30. The summed E-state index contributed by atoms with van der Waals surface area (Å²) in [7, 11) is 0. The Morgan fingerprint density at radius 2 is 1.47 bits per heavy atom. The van der Waals surface area contributed by atoms with Crippen LogP contribution in [-0.2, 0) is 10.5 Å². The lowest BCUT2D eigenvalue weighted by atomic mass is 9.84. The van der Waals surface area contributed by atoms with Crippen LogP contribution < -0.4 is 4.74 Å². The van der Waals surface area contributed by atoms with E-state index in [0.29, 0.717) is 13.2 Å². The Morgan fingerprint density at radius 1 is 0.781 bits per heavy atom. The summed E-state index contributed by atoms with van der Waals surface area (Å²) < 4.78 is 12.6. The van der Waals surface area contributed by atoms with Gasteiger partial charge in [-0.2, -0.15) is 0 Å². The van der Waals surface area contributed by atoms with Gasteiger partial charge in [-0.1, -0.05) is 72.0 Å². The Balaban J connectivity index is 1.72. The maximum Gasteiger partial charge on any atom is 0.213 e. The first-order chi connectivity index (χ1) is 15.7. The molecule has 0 bridgehead atoms. The summed E-state index contributed by atoms with van der Waals surface area (Å²) in [6.45, 7) is 7.24. The second kappa shape index (κ2) is 8.67. The van der Waals surface area contributed by atoms with Gasteiger partial charge in [0.1, 0.15) is 5.75 Å². The van der Waals surface area contributed by atoms with Gasteiger partial charge in [-0.15, -0.1) is 0 Å². The van der Waals surface area contributed by atoms with Gasteiger partial charge in [-0.25, -0.2) is 0 Å². The molecule has 0 aliphatic carbocycles. The third-order valence-electron chi connectivity index (χ3n) is 6.30. The zero-order chi connectivity index (χ0) is 22.0. The summed E-state index contributed by atoms with van der Waals surface area (Å²) in [6.07, 6.45) is 0. The van der Waals surface area contributed by atoms with Gasteiger partial charge in [0, 0.05) is 40.9 Å². The van der Waals surface area contributed by atoms with Crippen LogP contribution >= 0.6 is 0 Å². The van der Waals surface area contributed by atoms with Gasteiger partial charge in [0.05, 0.1) is 13.2 Å². The van der Waals surface area contributed by atoms with E-state index in [2.05, 4.69) is 85.2 Å². The van der Waals surface area contributed by atoms with Crippen LogP contribution in [-0.4, -0.2) is 31.2 Å². The van der Waals surface area contributed by atoms with Crippen molar-refractivity contribution in [1.29, 1.82) is 0 Å². The average molecular weight is 422 g/mol. The molecular weight excluding hydrogens is 394 g/mol. The molecule has 3 nitrogen and oxygen atoms in total. The van der Waals surface area contributed by atoms with E-state index in [4.69, 9.17) is 9.47 Å². The number of rotatable bonds is 2. The van der Waals surface area contributed by atoms with Crippen LogP contribution in [0.3, 0.4) is 0 Å². The van der Waals surface area contributed by atoms with Gasteiger partial charge in [0.15, 0.2) is 0 Å². The van der Waals surface area contributed by atoms with Crippen LogP contribution in [0.2, 0.25) is 0 Å². The zero-order valence-corrected chi connectivity index (χ0v) is 18.6. The molecule has 3 heteroatoms. The molecule has 1 atom stereocenters. The monoisotopic (exact) mass is 421 g/mol. The van der Waals surface area contributed by atoms with E-state index in [0.717, 1.165) is 46.7 Å². The lowest BCUT2D eigenvalue weighted by Gasteiger charge is -2.48. The van der Waals surface area contributed by atoms with E-state index < -0.39 is 5.72 Å². The zero-order valence-electron chi connectivity index (χ0n) is 18.6. The van der Waals surface area contributed by atoms with Crippen molar-refractivity contribution in [3.63, 3.8) is 0 Å². The van der Waals surface area contributed by atoms with E-state index in [1.807, 2.05) is 24.3 Å². The van der Waals surface area contributed by atoms with Crippen molar-refractivity contribution < 1.29 is 9.47 Å². The second-order valence-electron chi connectivity index (χ2n) is 8.32. The van der Waals surface area contributed by atoms with E-state index in [1.165, 1.54) is 5.56 Å². The standard InChI is InChI=1S/C29H27NO2/c1-22-12-14-24(15-13-22)16-17-26-23(2)29(25-8-4-3-5-9-25,30-18-20-31-21-19-30)32-28-11-7-6-10-27(26)28/h3-15H,18-21H2,1-2H3/t29-/m1/s1. The molecule has 3 aromatic rings. The van der Waals surface area contributed by atoms with E-state index in [-0.39, 0.29) is 0 Å². The molecule has 2 heterocycles. The van der Waals surface area contributed by atoms with E-state index in [1.54, 1.807) is 0 Å². The number of hydrogen-bond donors (Lipinski definition) is 0. The highest BCUT2D eigenvalue weighted by molar-refractivity contribution is 5.87. The number of benzene rings is 3. The summed E-state index contributed by atoms with van der Waals surface area (Å²) in [5.74, 6) is 7.78. The molecule has 3 aromatic carbocycles. The molecule has 160 valence electrons. The summed E-state index contributed by atoms with van der Waals surface area (Å²) in [5.41, 5.74) is 5.84. The maximum atomic E-state index is 6.90. The molecule has 0 saturated carbocycles. The first-order valence-electron chi connectivity index (χ1n) is 11.2. The van der Waals surface area contributed by atoms with Gasteiger partial charge in [0.2, 0.25) is 5.72 Å². The molecule has 0 N–H and O–H groups in total. The number of nitrogens with zero attached hydrogens (tertiary/aromatic N) is 1. The SMILES string of the molecule is CC1=C(C#Cc2ccc(C)cc2)c2ccccc2O[C@]1(c1ccccc1)N1CCOCC1. The van der Waals surface area contributed by atoms with Crippen LogP contribution in [0, 0.1) is 18.8 Å². The number of allylic oxidation sites excluding steroid dienone is 1. The number of morpholine rings is 1. The number of aryl methyl sites for hydroxylation is 1. The molecule has 1 saturated heterocycles. The Kier molecular flexibility index (Phi) is 5.57. The second-order valence-corrected chi connectivity index (χ2v) is 8.32. The predicted molar refractivity (Wildman–Crippen MR) is 128 cm³/mol. The molecule has 1 fully saturated rings. The highest BCUT2D eigenvalue weighted by Gasteiger charge is 2.47. The van der Waals surface area contributed by atoms with Crippen molar-refractivity contribution in [3.05, 3.63) is 107 Å². The molecule has 2 aliphatic heterocycles. The van der Waals surface area contributed by atoms with Gasteiger partial charge in [-0.3, -0.25) is 4.90 Å². The fourth-order valence-electron chi connectivity index (χ4n) is 4.60. The normalized spacial score (nSPS) is 20.7. The number of para-hydroxylation sites is 1. The molecular formula is C29H27NO2. The lowest BCUT2D eigenvalue weighted by molar-refractivity contribution is -0.106. The summed E-state index contributed by atoms with van der Waals surface area (Å²) in [5, 5.41) is 0. The smallest absolute Gasteiger partial charge is 0.213 e. The van der Waals surface area contributed by atoms with Crippen molar-refractivity contribution in [2.75, 3.05) is 26.3 Å². The number of fused-ring (bicyclic) bond motifs is 1. The quantitative estimate of drug-likeness (QED) is 0.517. The van der Waals surface area contributed by atoms with Gasteiger partial charge in [0.25, 0.3) is 0 Å². The highest BCUT2D eigenvalue weighted by Crippen LogP contribution is 2.47. The molecule has 0 unspecified atom stereocenters. The third kappa shape index (κ3) is 3.62. The van der Waals surface area contributed by atoms with Crippen LogP contribution in [0.5, 0.6) is 5.75 Å². The van der Waals surface area contributed by atoms with Crippen LogP contribution in [0.15, 0.2) is 84.4 Å². The first kappa shape index (κ1) is 20.6. The minimum Gasteiger partial charge on any atom is -0.464 e. The molecule has 2 aliphatic rings. The lowest BCUT2D eigenvalue weighted by Crippen LogP contribution is -2.56. The van der Waals surface area contributed by atoms with Gasteiger partial charge in [-0.05, 0) is 38.1 Å². The van der Waals surface area contributed by atoms with Gasteiger partial charge >= 0.3 is 0 Å². The minimum absolute atomic E-state index is 0.692. The molecule has 5 rings (SSSR count). The largest absolute Gasteiger partial charge is 0.464 e. The summed E-state index contributed by atoms with van der Waals surface area (Å²) in [6, 6.07) is 27.1. The number of ether oxygens (including phenoxy) is 2. The van der Waals surface area contributed by atoms with Crippen molar-refractivity contribution >= 4 is 5.57 Å². The summed E-state index contributed by atoms with van der Waals surface area (Å²) in [4.78, 5) is 2.39. The van der Waals surface area contributed by atoms with Crippen molar-refractivity contribution in [2.24, 2.45) is 0 Å². The Morgan fingerprint density at radius 3 is 2.22 bits per heavy atom.